The first-order valence-corrected chi connectivity index (χ1v) is 11.1. The summed E-state index contributed by atoms with van der Waals surface area (Å²) in [5, 5.41) is 12.0. The van der Waals surface area contributed by atoms with Crippen molar-refractivity contribution >= 4 is 22.6 Å². The van der Waals surface area contributed by atoms with Crippen molar-refractivity contribution in [2.24, 2.45) is 0 Å². The van der Waals surface area contributed by atoms with E-state index in [-0.39, 0.29) is 22.7 Å². The van der Waals surface area contributed by atoms with E-state index in [9.17, 15) is 9.59 Å². The van der Waals surface area contributed by atoms with Gasteiger partial charge in [0.05, 0.1) is 23.6 Å². The van der Waals surface area contributed by atoms with Gasteiger partial charge in [0.2, 0.25) is 0 Å². The van der Waals surface area contributed by atoms with Crippen molar-refractivity contribution in [3.8, 4) is 0 Å². The highest BCUT2D eigenvalue weighted by Crippen LogP contribution is 2.17. The number of rotatable bonds is 5. The van der Waals surface area contributed by atoms with Gasteiger partial charge in [-0.2, -0.15) is 0 Å². The summed E-state index contributed by atoms with van der Waals surface area (Å²) in [6.07, 6.45) is 3.39. The molecule has 0 aliphatic carbocycles. The number of carbonyl (C=O) groups excluding carboxylic acids is 1. The molecular weight excluding hydrogens is 418 g/mol. The lowest BCUT2D eigenvalue weighted by Gasteiger charge is -2.17. The standard InChI is InChI=1S/C25H25N5O3/c1-16-7-9-17(10-8-16)14-27-24(31)19-13-20-23(28-21-6-2-3-11-29(21)25(20)32)30(22(19)26)15-18-5-4-12-33-18/h2-3,6-11,13,18,26H,4-5,12,14-15H2,1H3,(H,27,31)/t18-/m0/s1. The summed E-state index contributed by atoms with van der Waals surface area (Å²) in [5.74, 6) is -0.402. The summed E-state index contributed by atoms with van der Waals surface area (Å²) >= 11 is 0. The van der Waals surface area contributed by atoms with Crippen LogP contribution in [0, 0.1) is 12.3 Å². The van der Waals surface area contributed by atoms with Gasteiger partial charge in [0.15, 0.2) is 0 Å². The highest BCUT2D eigenvalue weighted by atomic mass is 16.5. The molecule has 2 N–H and O–H groups in total. The second-order valence-electron chi connectivity index (χ2n) is 8.40. The summed E-state index contributed by atoms with van der Waals surface area (Å²) in [6, 6.07) is 14.7. The molecule has 3 aromatic heterocycles. The molecule has 0 unspecified atom stereocenters. The number of ether oxygens (including phenoxy) is 1. The van der Waals surface area contributed by atoms with Gasteiger partial charge in [-0.05, 0) is 43.5 Å². The van der Waals surface area contributed by atoms with Gasteiger partial charge in [-0.25, -0.2) is 4.98 Å². The molecule has 1 aliphatic heterocycles. The topological polar surface area (TPSA) is 101 Å². The minimum atomic E-state index is -0.402. The van der Waals surface area contributed by atoms with Crippen molar-refractivity contribution in [2.45, 2.75) is 39.0 Å². The largest absolute Gasteiger partial charge is 0.376 e. The van der Waals surface area contributed by atoms with Crippen LogP contribution >= 0.6 is 0 Å². The summed E-state index contributed by atoms with van der Waals surface area (Å²) in [7, 11) is 0. The number of benzene rings is 1. The smallest absolute Gasteiger partial charge is 0.267 e. The van der Waals surface area contributed by atoms with Gasteiger partial charge >= 0.3 is 0 Å². The summed E-state index contributed by atoms with van der Waals surface area (Å²) in [4.78, 5) is 31.0. The van der Waals surface area contributed by atoms with Crippen molar-refractivity contribution in [2.75, 3.05) is 6.61 Å². The van der Waals surface area contributed by atoms with Crippen LogP contribution in [0.5, 0.6) is 0 Å². The Bertz CT molecular complexity index is 1460. The van der Waals surface area contributed by atoms with Crippen LogP contribution in [0.3, 0.4) is 0 Å². The number of fused-ring (bicyclic) bond motifs is 2. The van der Waals surface area contributed by atoms with E-state index < -0.39 is 5.91 Å². The maximum atomic E-state index is 13.3. The Morgan fingerprint density at radius 1 is 1.24 bits per heavy atom. The molecule has 1 aromatic carbocycles. The molecule has 1 amide bonds. The summed E-state index contributed by atoms with van der Waals surface area (Å²) < 4.78 is 8.87. The average Bonchev–Trinajstić information content (AvgIpc) is 3.34. The Morgan fingerprint density at radius 2 is 2.06 bits per heavy atom. The number of pyridine rings is 2. The first kappa shape index (κ1) is 21.1. The quantitative estimate of drug-likeness (QED) is 0.463. The molecule has 1 atom stereocenters. The molecule has 33 heavy (non-hydrogen) atoms. The van der Waals surface area contributed by atoms with E-state index >= 15 is 0 Å². The van der Waals surface area contributed by atoms with Crippen LogP contribution in [0.25, 0.3) is 16.7 Å². The zero-order chi connectivity index (χ0) is 22.9. The van der Waals surface area contributed by atoms with Crippen LogP contribution in [0.1, 0.15) is 34.3 Å². The van der Waals surface area contributed by atoms with Gasteiger partial charge < -0.3 is 14.6 Å². The van der Waals surface area contributed by atoms with Crippen molar-refractivity contribution in [3.05, 3.63) is 87.3 Å². The fourth-order valence-electron chi connectivity index (χ4n) is 4.21. The second-order valence-corrected chi connectivity index (χ2v) is 8.40. The normalized spacial score (nSPS) is 15.8. The Hall–Kier alpha value is -3.78. The van der Waals surface area contributed by atoms with Crippen molar-refractivity contribution in [1.82, 2.24) is 19.3 Å². The van der Waals surface area contributed by atoms with E-state index in [0.29, 0.717) is 36.4 Å². The number of aryl methyl sites for hydroxylation is 1. The fourth-order valence-corrected chi connectivity index (χ4v) is 4.21. The predicted octanol–water partition coefficient (Wildman–Crippen LogP) is 2.55. The second kappa shape index (κ2) is 8.63. The minimum absolute atomic E-state index is 0.0200. The maximum absolute atomic E-state index is 13.3. The van der Waals surface area contributed by atoms with Crippen molar-refractivity contribution in [3.63, 3.8) is 0 Å². The molecule has 5 rings (SSSR count). The van der Waals surface area contributed by atoms with Crippen LogP contribution in [0.2, 0.25) is 0 Å². The first-order chi connectivity index (χ1) is 16.0. The van der Waals surface area contributed by atoms with Gasteiger partial charge in [0.1, 0.15) is 16.8 Å². The monoisotopic (exact) mass is 443 g/mol. The molecule has 0 bridgehead atoms. The van der Waals surface area contributed by atoms with Gasteiger partial charge in [0, 0.05) is 19.3 Å². The Morgan fingerprint density at radius 3 is 2.82 bits per heavy atom. The molecule has 8 heteroatoms. The fraction of sp³-hybridized carbons (Fsp3) is 0.280. The number of hydrogen-bond donors (Lipinski definition) is 2. The molecule has 4 aromatic rings. The molecular formula is C25H25N5O3. The molecule has 1 fully saturated rings. The van der Waals surface area contributed by atoms with E-state index in [1.807, 2.05) is 37.3 Å². The third-order valence-electron chi connectivity index (χ3n) is 6.05. The highest BCUT2D eigenvalue weighted by molar-refractivity contribution is 5.96. The Kier molecular flexibility index (Phi) is 5.51. The summed E-state index contributed by atoms with van der Waals surface area (Å²) in [5.41, 5.74) is 2.87. The lowest BCUT2D eigenvalue weighted by molar-refractivity contribution is 0.0931. The molecule has 4 heterocycles. The lowest BCUT2D eigenvalue weighted by atomic mass is 10.1. The van der Waals surface area contributed by atoms with Gasteiger partial charge in [-0.15, -0.1) is 0 Å². The van der Waals surface area contributed by atoms with Crippen LogP contribution in [0.4, 0.5) is 0 Å². The van der Waals surface area contributed by atoms with Crippen LogP contribution < -0.4 is 16.4 Å². The Balaban J connectivity index is 1.61. The van der Waals surface area contributed by atoms with Crippen molar-refractivity contribution in [1.29, 1.82) is 5.41 Å². The number of nitrogens with one attached hydrogen (secondary N) is 2. The van der Waals surface area contributed by atoms with Crippen LogP contribution in [-0.4, -0.2) is 32.6 Å². The van der Waals surface area contributed by atoms with E-state index in [0.717, 1.165) is 24.0 Å². The Labute approximate surface area is 190 Å². The molecule has 168 valence electrons. The van der Waals surface area contributed by atoms with E-state index in [2.05, 4.69) is 10.3 Å². The van der Waals surface area contributed by atoms with E-state index in [1.54, 1.807) is 22.9 Å². The highest BCUT2D eigenvalue weighted by Gasteiger charge is 2.22. The minimum Gasteiger partial charge on any atom is -0.376 e. The molecule has 0 radical (unpaired) electrons. The maximum Gasteiger partial charge on any atom is 0.267 e. The van der Waals surface area contributed by atoms with Crippen LogP contribution in [-0.2, 0) is 17.8 Å². The SMILES string of the molecule is Cc1ccc(CNC(=O)c2cc3c(=O)n4ccccc4nc3n(C[C@@H]3CCCO3)c2=N)cc1. The van der Waals surface area contributed by atoms with Crippen molar-refractivity contribution < 1.29 is 9.53 Å². The van der Waals surface area contributed by atoms with E-state index in [4.69, 9.17) is 10.1 Å². The average molecular weight is 444 g/mol. The first-order valence-electron chi connectivity index (χ1n) is 11.1. The molecule has 0 saturated carbocycles. The zero-order valence-electron chi connectivity index (χ0n) is 18.4. The molecule has 1 saturated heterocycles. The number of hydrogen-bond acceptors (Lipinski definition) is 5. The van der Waals surface area contributed by atoms with Gasteiger partial charge in [0.25, 0.3) is 11.5 Å². The van der Waals surface area contributed by atoms with Crippen LogP contribution in [0.15, 0.2) is 59.5 Å². The third kappa shape index (κ3) is 4.05. The zero-order valence-corrected chi connectivity index (χ0v) is 18.4. The molecule has 0 spiro atoms. The molecule has 8 nitrogen and oxygen atoms in total. The third-order valence-corrected chi connectivity index (χ3v) is 6.05. The number of amides is 1. The predicted molar refractivity (Wildman–Crippen MR) is 124 cm³/mol. The van der Waals surface area contributed by atoms with Gasteiger partial charge in [-0.1, -0.05) is 35.9 Å². The van der Waals surface area contributed by atoms with E-state index in [1.165, 1.54) is 10.5 Å². The number of aromatic nitrogens is 3. The lowest BCUT2D eigenvalue weighted by Crippen LogP contribution is -2.36. The summed E-state index contributed by atoms with van der Waals surface area (Å²) in [6.45, 7) is 3.38. The number of nitrogens with zero attached hydrogens (tertiary/aromatic N) is 3. The van der Waals surface area contributed by atoms with Gasteiger partial charge in [-0.3, -0.25) is 19.4 Å². The number of carbonyl (C=O) groups is 1. The molecule has 1 aliphatic rings.